The number of ether oxygens (including phenoxy) is 2. The summed E-state index contributed by atoms with van der Waals surface area (Å²) in [5.41, 5.74) is 20.5. The van der Waals surface area contributed by atoms with Crippen LogP contribution in [0.5, 0.6) is 23.0 Å². The first kappa shape index (κ1) is 46.3. The van der Waals surface area contributed by atoms with Crippen LogP contribution >= 0.6 is 0 Å². The minimum absolute atomic E-state index is 0.133. The Bertz CT molecular complexity index is 5200. The van der Waals surface area contributed by atoms with Crippen molar-refractivity contribution in [3.8, 4) is 34.4 Å². The van der Waals surface area contributed by atoms with Crippen molar-refractivity contribution < 1.29 is 9.47 Å². The van der Waals surface area contributed by atoms with Crippen LogP contribution in [-0.4, -0.2) is 22.6 Å². The van der Waals surface area contributed by atoms with Crippen LogP contribution in [-0.2, 0) is 0 Å². The monoisotopic (exact) mass is 1090 g/mol. The molecule has 0 N–H and O–H groups in total. The molecule has 0 radical (unpaired) electrons. The molecule has 0 bridgehead atoms. The lowest BCUT2D eigenvalue weighted by Gasteiger charge is -2.40. The van der Waals surface area contributed by atoms with Crippen molar-refractivity contribution in [3.05, 3.63) is 279 Å². The predicted molar refractivity (Wildman–Crippen MR) is 359 cm³/mol. The van der Waals surface area contributed by atoms with Gasteiger partial charge in [-0.15, -0.1) is 0 Å². The quantitative estimate of drug-likeness (QED) is 0.130. The predicted octanol–water partition coefficient (Wildman–Crippen LogP) is 16.2. The van der Waals surface area contributed by atoms with Gasteiger partial charge in [0.2, 0.25) is 0 Å². The molecular formula is C78H46B2N4O2. The first-order valence-electron chi connectivity index (χ1n) is 29.7. The van der Waals surface area contributed by atoms with Crippen LogP contribution in [0.3, 0.4) is 0 Å². The minimum atomic E-state index is -0.133. The van der Waals surface area contributed by atoms with Crippen LogP contribution in [0.25, 0.3) is 87.3 Å². The molecule has 0 fully saturated rings. The van der Waals surface area contributed by atoms with Gasteiger partial charge >= 0.3 is 0 Å². The maximum Gasteiger partial charge on any atom is 0.256 e. The average Bonchev–Trinajstić information content (AvgIpc) is 1.36. The molecule has 4 aliphatic heterocycles. The summed E-state index contributed by atoms with van der Waals surface area (Å²) in [5, 5.41) is 11.9. The zero-order valence-electron chi connectivity index (χ0n) is 46.3. The van der Waals surface area contributed by atoms with Gasteiger partial charge in [0, 0.05) is 67.8 Å². The number of hydrogen-bond donors (Lipinski definition) is 0. The Hall–Kier alpha value is -11.2. The number of anilines is 6. The Kier molecular flexibility index (Phi) is 9.26. The van der Waals surface area contributed by atoms with E-state index in [1.807, 2.05) is 0 Å². The smallest absolute Gasteiger partial charge is 0.256 e. The highest BCUT2D eigenvalue weighted by Gasteiger charge is 2.45. The Morgan fingerprint density at radius 1 is 0.221 bits per heavy atom. The van der Waals surface area contributed by atoms with Gasteiger partial charge in [-0.1, -0.05) is 182 Å². The van der Waals surface area contributed by atoms with Gasteiger partial charge in [0.05, 0.1) is 33.4 Å². The van der Waals surface area contributed by atoms with E-state index in [0.717, 1.165) is 123 Å². The Balaban J connectivity index is 0.840. The Morgan fingerprint density at radius 2 is 0.547 bits per heavy atom. The average molecular weight is 1090 g/mol. The zero-order chi connectivity index (χ0) is 55.9. The lowest BCUT2D eigenvalue weighted by molar-refractivity contribution is 0.487. The van der Waals surface area contributed by atoms with Crippen LogP contribution < -0.4 is 52.1 Å². The summed E-state index contributed by atoms with van der Waals surface area (Å²) in [6, 6.07) is 103. The Morgan fingerprint density at radius 3 is 0.942 bits per heavy atom. The molecule has 86 heavy (non-hydrogen) atoms. The van der Waals surface area contributed by atoms with Crippen molar-refractivity contribution in [2.45, 2.75) is 0 Å². The van der Waals surface area contributed by atoms with Crippen molar-refractivity contribution in [2.75, 3.05) is 9.80 Å². The second-order valence-electron chi connectivity index (χ2n) is 23.4. The molecule has 14 aromatic carbocycles. The minimum Gasteiger partial charge on any atom is -0.458 e. The summed E-state index contributed by atoms with van der Waals surface area (Å²) in [7, 11) is 0. The molecule has 0 unspecified atom stereocenters. The van der Waals surface area contributed by atoms with Gasteiger partial charge in [0.15, 0.2) is 0 Å². The van der Waals surface area contributed by atoms with Gasteiger partial charge in [-0.05, 0) is 150 Å². The fourth-order valence-electron chi connectivity index (χ4n) is 15.7. The molecule has 2 aromatic heterocycles. The van der Waals surface area contributed by atoms with Crippen molar-refractivity contribution in [1.82, 2.24) is 9.13 Å². The van der Waals surface area contributed by atoms with E-state index < -0.39 is 0 Å². The third-order valence-corrected chi connectivity index (χ3v) is 19.1. The van der Waals surface area contributed by atoms with Crippen LogP contribution in [0, 0.1) is 0 Å². The SMILES string of the molecule is c1ccc(N2c3ccccc3B3c4cc5c(cc4Oc4cc(-n6c7ccccc7c7ccccc76)cc2c43)c2ccccc2c2cc3c(cc25)B2c4ccccc4N(c4ccccc4)c4cc(-n5c6ccccc6c6ccccc65)cc(c42)O3)cc1. The third kappa shape index (κ3) is 6.21. The summed E-state index contributed by atoms with van der Waals surface area (Å²) in [6.45, 7) is -0.266. The highest BCUT2D eigenvalue weighted by Crippen LogP contribution is 2.48. The molecule has 16 aromatic rings. The highest BCUT2D eigenvalue weighted by atomic mass is 16.5. The van der Waals surface area contributed by atoms with E-state index in [-0.39, 0.29) is 13.4 Å². The Labute approximate surface area is 495 Å². The van der Waals surface area contributed by atoms with Crippen LogP contribution in [0.4, 0.5) is 34.1 Å². The second-order valence-corrected chi connectivity index (χ2v) is 23.4. The number of benzene rings is 14. The van der Waals surface area contributed by atoms with Gasteiger partial charge in [-0.2, -0.15) is 0 Å². The number of rotatable bonds is 4. The van der Waals surface area contributed by atoms with Gasteiger partial charge in [-0.3, -0.25) is 0 Å². The highest BCUT2D eigenvalue weighted by molar-refractivity contribution is 7.00. The molecule has 0 spiro atoms. The van der Waals surface area contributed by atoms with Crippen molar-refractivity contribution >= 4 is 156 Å². The van der Waals surface area contributed by atoms with E-state index >= 15 is 0 Å². The maximum absolute atomic E-state index is 7.54. The normalized spacial score (nSPS) is 13.4. The van der Waals surface area contributed by atoms with E-state index in [1.165, 1.54) is 54.0 Å². The molecular weight excluding hydrogens is 1050 g/mol. The molecule has 4 aliphatic rings. The number of hydrogen-bond acceptors (Lipinski definition) is 4. The molecule has 0 aliphatic carbocycles. The maximum atomic E-state index is 7.54. The first-order valence-corrected chi connectivity index (χ1v) is 29.7. The lowest BCUT2D eigenvalue weighted by atomic mass is 9.34. The molecule has 20 rings (SSSR count). The summed E-state index contributed by atoms with van der Waals surface area (Å²) < 4.78 is 19.9. The van der Waals surface area contributed by atoms with Gasteiger partial charge in [0.25, 0.3) is 13.4 Å². The molecule has 0 saturated heterocycles. The zero-order valence-corrected chi connectivity index (χ0v) is 46.3. The van der Waals surface area contributed by atoms with E-state index in [1.54, 1.807) is 0 Å². The largest absolute Gasteiger partial charge is 0.458 e. The molecule has 396 valence electrons. The van der Waals surface area contributed by atoms with Gasteiger partial charge < -0.3 is 28.4 Å². The number of nitrogens with zero attached hydrogens (tertiary/aromatic N) is 4. The number of para-hydroxylation sites is 8. The fourth-order valence-corrected chi connectivity index (χ4v) is 15.7. The number of fused-ring (bicyclic) bond motifs is 20. The van der Waals surface area contributed by atoms with Crippen molar-refractivity contribution in [3.63, 3.8) is 0 Å². The molecule has 6 heterocycles. The first-order chi connectivity index (χ1) is 42.7. The van der Waals surface area contributed by atoms with E-state index in [0.29, 0.717) is 0 Å². The number of aromatic nitrogens is 2. The van der Waals surface area contributed by atoms with E-state index in [2.05, 4.69) is 298 Å². The topological polar surface area (TPSA) is 34.8 Å². The van der Waals surface area contributed by atoms with E-state index in [9.17, 15) is 0 Å². The van der Waals surface area contributed by atoms with Gasteiger partial charge in [-0.25, -0.2) is 0 Å². The van der Waals surface area contributed by atoms with Crippen LogP contribution in [0.1, 0.15) is 0 Å². The van der Waals surface area contributed by atoms with Crippen LogP contribution in [0.2, 0.25) is 0 Å². The molecule has 0 atom stereocenters. The molecule has 0 saturated carbocycles. The third-order valence-electron chi connectivity index (χ3n) is 19.1. The fraction of sp³-hybridized carbons (Fsp3) is 0. The summed E-state index contributed by atoms with van der Waals surface area (Å²) in [4.78, 5) is 4.90. The molecule has 8 heteroatoms. The lowest BCUT2D eigenvalue weighted by Crippen LogP contribution is -2.59. The molecule has 0 amide bonds. The van der Waals surface area contributed by atoms with Crippen molar-refractivity contribution in [1.29, 1.82) is 0 Å². The summed E-state index contributed by atoms with van der Waals surface area (Å²) >= 11 is 0. The van der Waals surface area contributed by atoms with Gasteiger partial charge in [0.1, 0.15) is 23.0 Å². The summed E-state index contributed by atoms with van der Waals surface area (Å²) in [6.07, 6.45) is 0. The second kappa shape index (κ2) is 17.2. The summed E-state index contributed by atoms with van der Waals surface area (Å²) in [5.74, 6) is 3.46. The van der Waals surface area contributed by atoms with Crippen molar-refractivity contribution in [2.24, 2.45) is 0 Å². The van der Waals surface area contributed by atoms with E-state index in [4.69, 9.17) is 9.47 Å². The standard InChI is InChI=1S/C78H46B2N4O2/c1-3-21-47(22-4-1)81-69-37-19-13-31-61(69)79-63-43-57-58-44-64-74(46-60(58)52-26-8-7-25-51(52)59(57)45-73(63)85-75-41-49(39-71(81)77(75)79)83-65-33-15-9-27-53(65)54-28-10-16-34-66(54)83)86-76-42-50(84-67-35-17-11-29-55(67)56-30-12-18-36-68(56)84)40-72-78(76)80(64)62-32-14-20-38-70(62)82(72)48-23-5-2-6-24-48/h1-46H. The molecule has 6 nitrogen and oxygen atoms in total. The van der Waals surface area contributed by atoms with Crippen LogP contribution in [0.15, 0.2) is 279 Å².